The molecule has 112 valence electrons. The molecule has 4 heteroatoms. The molecule has 1 fully saturated rings. The Morgan fingerprint density at radius 1 is 1.30 bits per heavy atom. The number of nitrogens with zero attached hydrogens (tertiary/aromatic N) is 2. The van der Waals surface area contributed by atoms with E-state index in [4.69, 9.17) is 4.74 Å². The first kappa shape index (κ1) is 15.8. The summed E-state index contributed by atoms with van der Waals surface area (Å²) in [5, 5.41) is 0.920. The van der Waals surface area contributed by atoms with Gasteiger partial charge in [-0.3, -0.25) is 0 Å². The maximum absolute atomic E-state index is 5.79. The molecule has 0 aliphatic carbocycles. The summed E-state index contributed by atoms with van der Waals surface area (Å²) >= 11 is 3.40. The normalized spacial score (nSPS) is 17.5. The van der Waals surface area contributed by atoms with Gasteiger partial charge in [0, 0.05) is 24.6 Å². The highest BCUT2D eigenvalue weighted by molar-refractivity contribution is 9.09. The molecular weight excluding hydrogens is 316 g/mol. The van der Waals surface area contributed by atoms with Crippen molar-refractivity contribution in [1.82, 2.24) is 4.98 Å². The summed E-state index contributed by atoms with van der Waals surface area (Å²) in [6.45, 7) is 9.54. The SMILES string of the molecule is CC(C)(C)c1ccc(N2CCC(OCCBr)CC2)nc1. The Morgan fingerprint density at radius 3 is 2.50 bits per heavy atom. The van der Waals surface area contributed by atoms with Crippen LogP contribution in [0.1, 0.15) is 39.2 Å². The highest BCUT2D eigenvalue weighted by Crippen LogP contribution is 2.24. The predicted molar refractivity (Wildman–Crippen MR) is 87.9 cm³/mol. The number of halogens is 1. The van der Waals surface area contributed by atoms with E-state index in [0.717, 1.165) is 43.7 Å². The van der Waals surface area contributed by atoms with Gasteiger partial charge in [-0.1, -0.05) is 42.8 Å². The van der Waals surface area contributed by atoms with Gasteiger partial charge in [-0.05, 0) is 29.9 Å². The number of aromatic nitrogens is 1. The van der Waals surface area contributed by atoms with Crippen molar-refractivity contribution in [3.05, 3.63) is 23.9 Å². The molecule has 1 aliphatic heterocycles. The Bertz CT molecular complexity index is 405. The largest absolute Gasteiger partial charge is 0.377 e. The summed E-state index contributed by atoms with van der Waals surface area (Å²) in [4.78, 5) is 7.00. The van der Waals surface area contributed by atoms with Gasteiger partial charge in [0.15, 0.2) is 0 Å². The fourth-order valence-electron chi connectivity index (χ4n) is 2.48. The van der Waals surface area contributed by atoms with Crippen LogP contribution in [0.4, 0.5) is 5.82 Å². The summed E-state index contributed by atoms with van der Waals surface area (Å²) in [6.07, 6.45) is 4.62. The first-order valence-corrected chi connectivity index (χ1v) is 8.52. The fraction of sp³-hybridized carbons (Fsp3) is 0.688. The molecule has 0 N–H and O–H groups in total. The molecule has 20 heavy (non-hydrogen) atoms. The smallest absolute Gasteiger partial charge is 0.128 e. The molecule has 0 radical (unpaired) electrons. The molecule has 2 rings (SSSR count). The Labute approximate surface area is 130 Å². The van der Waals surface area contributed by atoms with E-state index in [9.17, 15) is 0 Å². The number of ether oxygens (including phenoxy) is 1. The van der Waals surface area contributed by atoms with E-state index in [1.54, 1.807) is 0 Å². The van der Waals surface area contributed by atoms with Gasteiger partial charge in [0.2, 0.25) is 0 Å². The van der Waals surface area contributed by atoms with Crippen molar-refractivity contribution in [2.24, 2.45) is 0 Å². The van der Waals surface area contributed by atoms with Crippen LogP contribution < -0.4 is 4.90 Å². The topological polar surface area (TPSA) is 25.4 Å². The first-order valence-electron chi connectivity index (χ1n) is 7.40. The van der Waals surface area contributed by atoms with E-state index < -0.39 is 0 Å². The van der Waals surface area contributed by atoms with Crippen LogP contribution in [0.3, 0.4) is 0 Å². The molecule has 0 atom stereocenters. The second kappa shape index (κ2) is 6.90. The van der Waals surface area contributed by atoms with Crippen LogP contribution in [0.15, 0.2) is 18.3 Å². The van der Waals surface area contributed by atoms with E-state index in [2.05, 4.69) is 58.7 Å². The van der Waals surface area contributed by atoms with Crippen LogP contribution in [0.2, 0.25) is 0 Å². The van der Waals surface area contributed by atoms with Crippen LogP contribution in [0, 0.1) is 0 Å². The molecule has 1 saturated heterocycles. The third kappa shape index (κ3) is 4.19. The van der Waals surface area contributed by atoms with Crippen molar-refractivity contribution in [3.8, 4) is 0 Å². The molecule has 0 spiro atoms. The molecule has 3 nitrogen and oxygen atoms in total. The zero-order valence-corrected chi connectivity index (χ0v) is 14.3. The van der Waals surface area contributed by atoms with E-state index in [1.807, 2.05) is 6.20 Å². The predicted octanol–water partition coefficient (Wildman–Crippen LogP) is 3.76. The highest BCUT2D eigenvalue weighted by atomic mass is 79.9. The minimum atomic E-state index is 0.169. The number of anilines is 1. The molecule has 0 bridgehead atoms. The number of hydrogen-bond acceptors (Lipinski definition) is 3. The zero-order valence-electron chi connectivity index (χ0n) is 12.7. The van der Waals surface area contributed by atoms with Crippen molar-refractivity contribution in [2.45, 2.75) is 45.1 Å². The molecule has 1 aliphatic rings. The Morgan fingerprint density at radius 2 is 2.00 bits per heavy atom. The van der Waals surface area contributed by atoms with Crippen LogP contribution in [0.25, 0.3) is 0 Å². The lowest BCUT2D eigenvalue weighted by molar-refractivity contribution is 0.0480. The Kier molecular flexibility index (Phi) is 5.44. The average molecular weight is 341 g/mol. The van der Waals surface area contributed by atoms with Crippen molar-refractivity contribution >= 4 is 21.7 Å². The summed E-state index contributed by atoms with van der Waals surface area (Å²) in [5.74, 6) is 1.09. The quantitative estimate of drug-likeness (QED) is 0.780. The highest BCUT2D eigenvalue weighted by Gasteiger charge is 2.21. The van der Waals surface area contributed by atoms with E-state index in [1.165, 1.54) is 5.56 Å². The average Bonchev–Trinajstić information content (AvgIpc) is 2.45. The van der Waals surface area contributed by atoms with Gasteiger partial charge >= 0.3 is 0 Å². The molecule has 0 amide bonds. The van der Waals surface area contributed by atoms with Crippen molar-refractivity contribution in [2.75, 3.05) is 29.9 Å². The third-order valence-electron chi connectivity index (χ3n) is 3.81. The molecule has 0 unspecified atom stereocenters. The van der Waals surface area contributed by atoms with Gasteiger partial charge in [0.25, 0.3) is 0 Å². The van der Waals surface area contributed by atoms with E-state index in [-0.39, 0.29) is 5.41 Å². The molecule has 2 heterocycles. The molecular formula is C16H25BrN2O. The summed E-state index contributed by atoms with van der Waals surface area (Å²) in [5.41, 5.74) is 1.46. The van der Waals surface area contributed by atoms with Crippen LogP contribution in [-0.2, 0) is 10.2 Å². The Balaban J connectivity index is 1.90. The minimum absolute atomic E-state index is 0.169. The van der Waals surface area contributed by atoms with Crippen LogP contribution >= 0.6 is 15.9 Å². The van der Waals surface area contributed by atoms with Gasteiger partial charge in [-0.25, -0.2) is 4.98 Å². The fourth-order valence-corrected chi connectivity index (χ4v) is 2.67. The lowest BCUT2D eigenvalue weighted by Crippen LogP contribution is -2.37. The monoisotopic (exact) mass is 340 g/mol. The van der Waals surface area contributed by atoms with Gasteiger partial charge in [-0.2, -0.15) is 0 Å². The molecule has 0 aromatic carbocycles. The number of rotatable bonds is 4. The van der Waals surface area contributed by atoms with Gasteiger partial charge in [-0.15, -0.1) is 0 Å². The van der Waals surface area contributed by atoms with Crippen LogP contribution in [0.5, 0.6) is 0 Å². The zero-order chi connectivity index (χ0) is 14.6. The second-order valence-electron chi connectivity index (χ2n) is 6.40. The number of alkyl halides is 1. The van der Waals surface area contributed by atoms with Gasteiger partial charge in [0.05, 0.1) is 12.7 Å². The maximum Gasteiger partial charge on any atom is 0.128 e. The number of pyridine rings is 1. The summed E-state index contributed by atoms with van der Waals surface area (Å²) < 4.78 is 5.79. The lowest BCUT2D eigenvalue weighted by Gasteiger charge is -2.33. The molecule has 1 aromatic heterocycles. The lowest BCUT2D eigenvalue weighted by atomic mass is 9.88. The second-order valence-corrected chi connectivity index (χ2v) is 7.19. The molecule has 1 aromatic rings. The number of piperidine rings is 1. The Hall–Kier alpha value is -0.610. The first-order chi connectivity index (χ1) is 9.50. The van der Waals surface area contributed by atoms with Crippen molar-refractivity contribution < 1.29 is 4.74 Å². The van der Waals surface area contributed by atoms with Crippen molar-refractivity contribution in [1.29, 1.82) is 0 Å². The molecule has 0 saturated carbocycles. The summed E-state index contributed by atoms with van der Waals surface area (Å²) in [7, 11) is 0. The number of hydrogen-bond donors (Lipinski definition) is 0. The standard InChI is InChI=1S/C16H25BrN2O/c1-16(2,3)13-4-5-15(18-12-13)19-9-6-14(7-10-19)20-11-8-17/h4-5,12,14H,6-11H2,1-3H3. The van der Waals surface area contributed by atoms with E-state index in [0.29, 0.717) is 6.10 Å². The van der Waals surface area contributed by atoms with Crippen LogP contribution in [-0.4, -0.2) is 36.1 Å². The van der Waals surface area contributed by atoms with Gasteiger partial charge in [0.1, 0.15) is 5.82 Å². The van der Waals surface area contributed by atoms with E-state index >= 15 is 0 Å². The third-order valence-corrected chi connectivity index (χ3v) is 4.13. The van der Waals surface area contributed by atoms with Crippen molar-refractivity contribution in [3.63, 3.8) is 0 Å². The summed E-state index contributed by atoms with van der Waals surface area (Å²) in [6, 6.07) is 4.36. The minimum Gasteiger partial charge on any atom is -0.377 e. The maximum atomic E-state index is 5.79. The van der Waals surface area contributed by atoms with Gasteiger partial charge < -0.3 is 9.64 Å².